The smallest absolute Gasteiger partial charge is 0.224 e. The summed E-state index contributed by atoms with van der Waals surface area (Å²) < 4.78 is 1.85. The summed E-state index contributed by atoms with van der Waals surface area (Å²) in [6.45, 7) is 7.36. The van der Waals surface area contributed by atoms with Gasteiger partial charge in [0.05, 0.1) is 5.52 Å². The molecule has 0 fully saturated rings. The summed E-state index contributed by atoms with van der Waals surface area (Å²) in [6.07, 6.45) is 7.61. The van der Waals surface area contributed by atoms with Crippen LogP contribution in [0.5, 0.6) is 0 Å². The van der Waals surface area contributed by atoms with E-state index in [9.17, 15) is 0 Å². The highest BCUT2D eigenvalue weighted by Crippen LogP contribution is 2.28. The monoisotopic (exact) mass is 320 g/mol. The van der Waals surface area contributed by atoms with Crippen LogP contribution in [-0.2, 0) is 0 Å². The van der Waals surface area contributed by atoms with Crippen LogP contribution in [0.4, 0.5) is 5.95 Å². The SMILES string of the molecule is CC(C)(C)CNc1ncc2c(-c3ccn4nccc4c3)c[nH]c2n1. The van der Waals surface area contributed by atoms with Crippen molar-refractivity contribution >= 4 is 22.5 Å². The van der Waals surface area contributed by atoms with Crippen LogP contribution in [0.3, 0.4) is 0 Å². The van der Waals surface area contributed by atoms with Gasteiger partial charge in [0.1, 0.15) is 5.65 Å². The molecule has 0 radical (unpaired) electrons. The van der Waals surface area contributed by atoms with E-state index in [0.717, 1.165) is 34.2 Å². The van der Waals surface area contributed by atoms with Crippen LogP contribution in [0.15, 0.2) is 43.0 Å². The predicted molar refractivity (Wildman–Crippen MR) is 96.0 cm³/mol. The van der Waals surface area contributed by atoms with E-state index in [4.69, 9.17) is 0 Å². The number of hydrogen-bond donors (Lipinski definition) is 2. The number of hydrogen-bond acceptors (Lipinski definition) is 4. The first-order valence-corrected chi connectivity index (χ1v) is 8.01. The molecule has 0 bridgehead atoms. The number of H-pyrrole nitrogens is 1. The molecule has 0 aromatic carbocycles. The number of anilines is 1. The molecule has 0 saturated heterocycles. The Balaban J connectivity index is 1.69. The highest BCUT2D eigenvalue weighted by molar-refractivity contribution is 5.94. The summed E-state index contributed by atoms with van der Waals surface area (Å²) in [5, 5.41) is 8.54. The van der Waals surface area contributed by atoms with Crippen LogP contribution in [0.1, 0.15) is 20.8 Å². The Morgan fingerprint density at radius 1 is 1.25 bits per heavy atom. The Morgan fingerprint density at radius 2 is 2.12 bits per heavy atom. The van der Waals surface area contributed by atoms with Crippen molar-refractivity contribution in [2.45, 2.75) is 20.8 Å². The fourth-order valence-corrected chi connectivity index (χ4v) is 2.66. The molecule has 2 N–H and O–H groups in total. The van der Waals surface area contributed by atoms with Crippen molar-refractivity contribution < 1.29 is 0 Å². The second-order valence-corrected chi connectivity index (χ2v) is 7.19. The Morgan fingerprint density at radius 3 is 2.96 bits per heavy atom. The zero-order valence-corrected chi connectivity index (χ0v) is 14.0. The number of fused-ring (bicyclic) bond motifs is 2. The third-order valence-electron chi connectivity index (χ3n) is 3.92. The summed E-state index contributed by atoms with van der Waals surface area (Å²) in [6, 6.07) is 6.15. The summed E-state index contributed by atoms with van der Waals surface area (Å²) in [4.78, 5) is 12.3. The van der Waals surface area contributed by atoms with Gasteiger partial charge in [-0.1, -0.05) is 20.8 Å². The summed E-state index contributed by atoms with van der Waals surface area (Å²) in [5.41, 5.74) is 4.29. The van der Waals surface area contributed by atoms with Crippen LogP contribution in [0.25, 0.3) is 27.7 Å². The first kappa shape index (κ1) is 14.7. The molecule has 0 unspecified atom stereocenters. The molecule has 6 heteroatoms. The minimum absolute atomic E-state index is 0.180. The number of rotatable bonds is 3. The third kappa shape index (κ3) is 2.71. The van der Waals surface area contributed by atoms with E-state index in [1.54, 1.807) is 6.20 Å². The van der Waals surface area contributed by atoms with Crippen LogP contribution in [0, 0.1) is 5.41 Å². The Kier molecular flexibility index (Phi) is 3.26. The molecule has 0 atom stereocenters. The number of pyridine rings is 1. The molecule has 4 aromatic heterocycles. The zero-order valence-electron chi connectivity index (χ0n) is 14.0. The lowest BCUT2D eigenvalue weighted by Crippen LogP contribution is -2.20. The summed E-state index contributed by atoms with van der Waals surface area (Å²) >= 11 is 0. The first-order chi connectivity index (χ1) is 11.5. The molecule has 4 heterocycles. The topological polar surface area (TPSA) is 70.9 Å². The average molecular weight is 320 g/mol. The lowest BCUT2D eigenvalue weighted by atomic mass is 9.97. The third-order valence-corrected chi connectivity index (χ3v) is 3.92. The largest absolute Gasteiger partial charge is 0.354 e. The van der Waals surface area contributed by atoms with Crippen molar-refractivity contribution in [3.05, 3.63) is 43.0 Å². The van der Waals surface area contributed by atoms with Gasteiger partial charge in [0, 0.05) is 42.3 Å². The highest BCUT2D eigenvalue weighted by atomic mass is 15.2. The molecule has 0 spiro atoms. The van der Waals surface area contributed by atoms with Crippen molar-refractivity contribution in [2.24, 2.45) is 5.41 Å². The first-order valence-electron chi connectivity index (χ1n) is 8.01. The van der Waals surface area contributed by atoms with E-state index >= 15 is 0 Å². The van der Waals surface area contributed by atoms with Crippen LogP contribution in [-0.4, -0.2) is 31.1 Å². The van der Waals surface area contributed by atoms with Gasteiger partial charge in [-0.15, -0.1) is 0 Å². The lowest BCUT2D eigenvalue weighted by molar-refractivity contribution is 0.442. The summed E-state index contributed by atoms with van der Waals surface area (Å²) in [5.74, 6) is 0.650. The van der Waals surface area contributed by atoms with Crippen LogP contribution in [0.2, 0.25) is 0 Å². The maximum Gasteiger partial charge on any atom is 0.224 e. The molecule has 122 valence electrons. The van der Waals surface area contributed by atoms with Gasteiger partial charge in [-0.3, -0.25) is 0 Å². The van der Waals surface area contributed by atoms with Gasteiger partial charge in [-0.2, -0.15) is 10.1 Å². The predicted octanol–water partition coefficient (Wildman–Crippen LogP) is 3.73. The molecule has 6 nitrogen and oxygen atoms in total. The minimum Gasteiger partial charge on any atom is -0.354 e. The second-order valence-electron chi connectivity index (χ2n) is 7.19. The maximum atomic E-state index is 4.58. The fraction of sp³-hybridized carbons (Fsp3) is 0.278. The molecule has 0 aliphatic heterocycles. The molecule has 4 rings (SSSR count). The normalized spacial score (nSPS) is 12.1. The van der Waals surface area contributed by atoms with Crippen LogP contribution >= 0.6 is 0 Å². The number of nitrogens with zero attached hydrogens (tertiary/aromatic N) is 4. The van der Waals surface area contributed by atoms with Crippen LogP contribution < -0.4 is 5.32 Å². The molecular weight excluding hydrogens is 300 g/mol. The van der Waals surface area contributed by atoms with Gasteiger partial charge in [-0.05, 0) is 29.2 Å². The standard InChI is InChI=1S/C18H20N6/c1-18(2,3)11-21-17-20-10-15-14(9-19-16(15)23-17)12-5-7-24-13(8-12)4-6-22-24/h4-10H,11H2,1-3H3,(H2,19,20,21,23). The van der Waals surface area contributed by atoms with Gasteiger partial charge >= 0.3 is 0 Å². The Hall–Kier alpha value is -2.89. The summed E-state index contributed by atoms with van der Waals surface area (Å²) in [7, 11) is 0. The molecule has 0 aliphatic carbocycles. The van der Waals surface area contributed by atoms with Gasteiger partial charge in [0.15, 0.2) is 0 Å². The van der Waals surface area contributed by atoms with E-state index < -0.39 is 0 Å². The lowest BCUT2D eigenvalue weighted by Gasteiger charge is -2.18. The average Bonchev–Trinajstić information content (AvgIpc) is 3.17. The zero-order chi connectivity index (χ0) is 16.7. The van der Waals surface area contributed by atoms with Crippen molar-refractivity contribution in [1.82, 2.24) is 24.6 Å². The molecule has 0 amide bonds. The number of aromatic nitrogens is 5. The molecule has 0 saturated carbocycles. The molecule has 4 aromatic rings. The van der Waals surface area contributed by atoms with E-state index in [0.29, 0.717) is 5.95 Å². The molecule has 0 aliphatic rings. The highest BCUT2D eigenvalue weighted by Gasteiger charge is 2.12. The molecular formula is C18H20N6. The number of nitrogens with one attached hydrogen (secondary N) is 2. The van der Waals surface area contributed by atoms with E-state index in [-0.39, 0.29) is 5.41 Å². The van der Waals surface area contributed by atoms with E-state index in [1.165, 1.54) is 0 Å². The number of aromatic amines is 1. The van der Waals surface area contributed by atoms with Crippen molar-refractivity contribution in [3.8, 4) is 11.1 Å². The molecule has 24 heavy (non-hydrogen) atoms. The van der Waals surface area contributed by atoms with Gasteiger partial charge in [-0.25, -0.2) is 9.50 Å². The second kappa shape index (κ2) is 5.33. The van der Waals surface area contributed by atoms with E-state index in [2.05, 4.69) is 52.2 Å². The van der Waals surface area contributed by atoms with Gasteiger partial charge in [0.2, 0.25) is 5.95 Å². The van der Waals surface area contributed by atoms with E-state index in [1.807, 2.05) is 35.2 Å². The van der Waals surface area contributed by atoms with Crippen molar-refractivity contribution in [2.75, 3.05) is 11.9 Å². The van der Waals surface area contributed by atoms with Crippen molar-refractivity contribution in [3.63, 3.8) is 0 Å². The maximum absolute atomic E-state index is 4.58. The Labute approximate surface area is 139 Å². The fourth-order valence-electron chi connectivity index (χ4n) is 2.66. The Bertz CT molecular complexity index is 1010. The van der Waals surface area contributed by atoms with Crippen molar-refractivity contribution in [1.29, 1.82) is 0 Å². The van der Waals surface area contributed by atoms with Gasteiger partial charge in [0.25, 0.3) is 0 Å². The van der Waals surface area contributed by atoms with Gasteiger partial charge < -0.3 is 10.3 Å². The quantitative estimate of drug-likeness (QED) is 0.603. The minimum atomic E-state index is 0.180.